The van der Waals surface area contributed by atoms with Crippen LogP contribution < -0.4 is 5.32 Å². The molecule has 0 bridgehead atoms. The predicted molar refractivity (Wildman–Crippen MR) is 84.6 cm³/mol. The maximum atomic E-state index is 3.73. The van der Waals surface area contributed by atoms with E-state index in [9.17, 15) is 0 Å². The molecule has 0 radical (unpaired) electrons. The van der Waals surface area contributed by atoms with Gasteiger partial charge in [-0.25, -0.2) is 0 Å². The normalized spacial score (nSPS) is 24.2. The smallest absolute Gasteiger partial charge is 0.0342 e. The highest BCUT2D eigenvalue weighted by atomic mass is 14.9. The number of hydrogen-bond donors (Lipinski definition) is 1. The van der Waals surface area contributed by atoms with Crippen molar-refractivity contribution in [3.8, 4) is 0 Å². The van der Waals surface area contributed by atoms with Crippen LogP contribution in [0.2, 0.25) is 0 Å². The summed E-state index contributed by atoms with van der Waals surface area (Å²) in [6.45, 7) is 6.96. The van der Waals surface area contributed by atoms with Crippen molar-refractivity contribution in [2.45, 2.75) is 65.3 Å². The standard InChI is InChI=1S/C18H29N/c1-4-15-8-11-18(12-9-15)19-17-7-5-6-16(10-13-17)14(2)3/h8-9,11-12,14,16-17,19H,4-7,10,13H2,1-3H3. The highest BCUT2D eigenvalue weighted by Gasteiger charge is 2.20. The average Bonchev–Trinajstić information content (AvgIpc) is 2.65. The minimum Gasteiger partial charge on any atom is -0.382 e. The van der Waals surface area contributed by atoms with Gasteiger partial charge in [0.15, 0.2) is 0 Å². The summed E-state index contributed by atoms with van der Waals surface area (Å²) < 4.78 is 0. The maximum Gasteiger partial charge on any atom is 0.0342 e. The van der Waals surface area contributed by atoms with Gasteiger partial charge in [-0.05, 0) is 55.2 Å². The third-order valence-electron chi connectivity index (χ3n) is 4.69. The van der Waals surface area contributed by atoms with Crippen LogP contribution in [-0.2, 0) is 6.42 Å². The molecule has 2 unspecified atom stereocenters. The fourth-order valence-corrected chi connectivity index (χ4v) is 3.21. The molecule has 0 saturated heterocycles. The number of nitrogens with one attached hydrogen (secondary N) is 1. The van der Waals surface area contributed by atoms with Crippen LogP contribution in [0.5, 0.6) is 0 Å². The van der Waals surface area contributed by atoms with E-state index >= 15 is 0 Å². The number of anilines is 1. The predicted octanol–water partition coefficient (Wildman–Crippen LogP) is 5.27. The van der Waals surface area contributed by atoms with E-state index in [1.165, 1.54) is 43.4 Å². The van der Waals surface area contributed by atoms with Gasteiger partial charge < -0.3 is 5.32 Å². The zero-order valence-corrected chi connectivity index (χ0v) is 12.8. The van der Waals surface area contributed by atoms with Gasteiger partial charge in [-0.3, -0.25) is 0 Å². The maximum absolute atomic E-state index is 3.73. The lowest BCUT2D eigenvalue weighted by molar-refractivity contribution is 0.341. The molecule has 1 nitrogen and oxygen atoms in total. The molecule has 1 aliphatic rings. The first-order valence-corrected chi connectivity index (χ1v) is 8.04. The lowest BCUT2D eigenvalue weighted by Gasteiger charge is -2.20. The molecule has 2 rings (SSSR count). The first-order valence-electron chi connectivity index (χ1n) is 8.04. The Balaban J connectivity index is 1.88. The van der Waals surface area contributed by atoms with Gasteiger partial charge in [0.1, 0.15) is 0 Å². The molecule has 0 amide bonds. The van der Waals surface area contributed by atoms with Gasteiger partial charge in [0.05, 0.1) is 0 Å². The van der Waals surface area contributed by atoms with Gasteiger partial charge in [0, 0.05) is 11.7 Å². The van der Waals surface area contributed by atoms with Crippen LogP contribution in [0.3, 0.4) is 0 Å². The average molecular weight is 259 g/mol. The lowest BCUT2D eigenvalue weighted by Crippen LogP contribution is -2.18. The monoisotopic (exact) mass is 259 g/mol. The van der Waals surface area contributed by atoms with Crippen molar-refractivity contribution < 1.29 is 0 Å². The summed E-state index contributed by atoms with van der Waals surface area (Å²) in [7, 11) is 0. The molecule has 0 heterocycles. The van der Waals surface area contributed by atoms with Crippen molar-refractivity contribution in [1.29, 1.82) is 0 Å². The Morgan fingerprint density at radius 3 is 2.42 bits per heavy atom. The second kappa shape index (κ2) is 6.98. The van der Waals surface area contributed by atoms with E-state index < -0.39 is 0 Å². The van der Waals surface area contributed by atoms with Crippen LogP contribution >= 0.6 is 0 Å². The van der Waals surface area contributed by atoms with Crippen LogP contribution in [0.4, 0.5) is 5.69 Å². The Labute approximate surface area is 118 Å². The fourth-order valence-electron chi connectivity index (χ4n) is 3.21. The summed E-state index contributed by atoms with van der Waals surface area (Å²) in [6.07, 6.45) is 7.98. The number of benzene rings is 1. The second-order valence-electron chi connectivity index (χ2n) is 6.40. The lowest BCUT2D eigenvalue weighted by atomic mass is 9.89. The Morgan fingerprint density at radius 2 is 1.79 bits per heavy atom. The largest absolute Gasteiger partial charge is 0.382 e. The fraction of sp³-hybridized carbons (Fsp3) is 0.667. The quantitative estimate of drug-likeness (QED) is 0.727. The Hall–Kier alpha value is -0.980. The third kappa shape index (κ3) is 4.26. The molecule has 0 aromatic heterocycles. The van der Waals surface area contributed by atoms with E-state index in [0.29, 0.717) is 6.04 Å². The van der Waals surface area contributed by atoms with Crippen molar-refractivity contribution in [3.05, 3.63) is 29.8 Å². The summed E-state index contributed by atoms with van der Waals surface area (Å²) in [5.74, 6) is 1.79. The summed E-state index contributed by atoms with van der Waals surface area (Å²) in [5.41, 5.74) is 2.72. The Bertz CT molecular complexity index is 366. The van der Waals surface area contributed by atoms with Crippen molar-refractivity contribution in [2.75, 3.05) is 5.32 Å². The van der Waals surface area contributed by atoms with Gasteiger partial charge in [-0.1, -0.05) is 45.7 Å². The molecular weight excluding hydrogens is 230 g/mol. The topological polar surface area (TPSA) is 12.0 Å². The summed E-state index contributed by atoms with van der Waals surface area (Å²) in [6, 6.07) is 9.65. The molecule has 1 aromatic rings. The molecule has 2 atom stereocenters. The van der Waals surface area contributed by atoms with Crippen LogP contribution in [0.25, 0.3) is 0 Å². The zero-order chi connectivity index (χ0) is 13.7. The summed E-state index contributed by atoms with van der Waals surface area (Å²) >= 11 is 0. The van der Waals surface area contributed by atoms with Crippen LogP contribution in [0.1, 0.15) is 58.4 Å². The molecule has 19 heavy (non-hydrogen) atoms. The number of aryl methyl sites for hydroxylation is 1. The molecule has 1 heteroatoms. The van der Waals surface area contributed by atoms with Gasteiger partial charge in [-0.2, -0.15) is 0 Å². The van der Waals surface area contributed by atoms with Crippen molar-refractivity contribution in [2.24, 2.45) is 11.8 Å². The molecule has 0 spiro atoms. The highest BCUT2D eigenvalue weighted by molar-refractivity contribution is 5.45. The first-order chi connectivity index (χ1) is 9.19. The Morgan fingerprint density at radius 1 is 1.05 bits per heavy atom. The summed E-state index contributed by atoms with van der Waals surface area (Å²) in [5, 5.41) is 3.73. The SMILES string of the molecule is CCc1ccc(NC2CCCC(C(C)C)CC2)cc1. The molecule has 106 valence electrons. The summed E-state index contributed by atoms with van der Waals surface area (Å²) in [4.78, 5) is 0. The van der Waals surface area contributed by atoms with Crippen LogP contribution in [0.15, 0.2) is 24.3 Å². The minimum absolute atomic E-state index is 0.677. The van der Waals surface area contributed by atoms with Gasteiger partial charge >= 0.3 is 0 Å². The van der Waals surface area contributed by atoms with E-state index in [1.807, 2.05) is 0 Å². The van der Waals surface area contributed by atoms with Crippen LogP contribution in [-0.4, -0.2) is 6.04 Å². The molecule has 1 aromatic carbocycles. The van der Waals surface area contributed by atoms with Gasteiger partial charge in [0.25, 0.3) is 0 Å². The first kappa shape index (κ1) is 14.4. The molecule has 1 fully saturated rings. The van der Waals surface area contributed by atoms with Crippen molar-refractivity contribution in [3.63, 3.8) is 0 Å². The van der Waals surface area contributed by atoms with E-state index in [0.717, 1.165) is 18.3 Å². The molecule has 1 aliphatic carbocycles. The van der Waals surface area contributed by atoms with E-state index in [1.54, 1.807) is 0 Å². The molecule has 0 aliphatic heterocycles. The minimum atomic E-state index is 0.677. The molecule has 1 saturated carbocycles. The van der Waals surface area contributed by atoms with Gasteiger partial charge in [-0.15, -0.1) is 0 Å². The molecule has 1 N–H and O–H groups in total. The Kier molecular flexibility index (Phi) is 5.30. The van der Waals surface area contributed by atoms with Crippen molar-refractivity contribution >= 4 is 5.69 Å². The van der Waals surface area contributed by atoms with E-state index in [4.69, 9.17) is 0 Å². The van der Waals surface area contributed by atoms with Crippen molar-refractivity contribution in [1.82, 2.24) is 0 Å². The zero-order valence-electron chi connectivity index (χ0n) is 12.8. The molecular formula is C18H29N. The second-order valence-corrected chi connectivity index (χ2v) is 6.40. The van der Waals surface area contributed by atoms with Gasteiger partial charge in [0.2, 0.25) is 0 Å². The number of rotatable bonds is 4. The highest BCUT2D eigenvalue weighted by Crippen LogP contribution is 2.30. The van der Waals surface area contributed by atoms with E-state index in [-0.39, 0.29) is 0 Å². The van der Waals surface area contributed by atoms with E-state index in [2.05, 4.69) is 50.4 Å². The number of hydrogen-bond acceptors (Lipinski definition) is 1. The van der Waals surface area contributed by atoms with Crippen LogP contribution in [0, 0.1) is 11.8 Å². The third-order valence-corrected chi connectivity index (χ3v) is 4.69.